The highest BCUT2D eigenvalue weighted by Gasteiger charge is 2.44. The van der Waals surface area contributed by atoms with Crippen molar-refractivity contribution in [3.05, 3.63) is 47.8 Å². The standard InChI is InChI=1S/C27H38F2N6O4S/c1-32(34-15-10-27(28,29)11-16-34)12-2-3-22(20-37)30-25(38)23-5-4-21(31-40-35(39)17-18-36)19-24(23)33-13-8-26(6-7-26)9-14-33/h2-5,12,19-20,31,36,39H,6-11,13-18H2,1H3,(H,30,38)/b12-2-,22-3+. The molecule has 2 aliphatic heterocycles. The van der Waals surface area contributed by atoms with Gasteiger partial charge >= 0.3 is 0 Å². The van der Waals surface area contributed by atoms with Crippen LogP contribution >= 0.6 is 12.1 Å². The minimum Gasteiger partial charge on any atom is -0.395 e. The number of nitrogens with zero attached hydrogens (tertiary/aromatic N) is 4. The number of hydrogen-bond donors (Lipinski definition) is 4. The number of allylic oxidation sites excluding steroid dienone is 3. The smallest absolute Gasteiger partial charge is 0.257 e. The number of piperidine rings is 2. The summed E-state index contributed by atoms with van der Waals surface area (Å²) in [6.45, 7) is 1.98. The van der Waals surface area contributed by atoms with Gasteiger partial charge in [-0.25, -0.2) is 13.8 Å². The summed E-state index contributed by atoms with van der Waals surface area (Å²) in [5.41, 5.74) is 2.34. The summed E-state index contributed by atoms with van der Waals surface area (Å²) in [6, 6.07) is 5.24. The molecule has 1 spiro atoms. The molecule has 4 rings (SSSR count). The Balaban J connectivity index is 1.43. The Hall–Kier alpha value is -2.71. The van der Waals surface area contributed by atoms with Gasteiger partial charge in [-0.2, -0.15) is 0 Å². The number of aliphatic hydroxyl groups is 1. The average molecular weight is 581 g/mol. The first kappa shape index (κ1) is 30.3. The van der Waals surface area contributed by atoms with Crippen LogP contribution in [0.2, 0.25) is 0 Å². The highest BCUT2D eigenvalue weighted by Crippen LogP contribution is 2.54. The van der Waals surface area contributed by atoms with Gasteiger partial charge in [0.2, 0.25) is 0 Å². The molecule has 40 heavy (non-hydrogen) atoms. The Morgan fingerprint density at radius 2 is 1.82 bits per heavy atom. The van der Waals surface area contributed by atoms with Gasteiger partial charge in [-0.3, -0.25) is 9.59 Å². The van der Waals surface area contributed by atoms with E-state index in [1.54, 1.807) is 41.5 Å². The zero-order valence-electron chi connectivity index (χ0n) is 22.7. The molecule has 1 saturated carbocycles. The maximum absolute atomic E-state index is 13.4. The van der Waals surface area contributed by atoms with Gasteiger partial charge < -0.3 is 30.3 Å². The van der Waals surface area contributed by atoms with E-state index in [9.17, 15) is 23.6 Å². The van der Waals surface area contributed by atoms with E-state index < -0.39 is 11.8 Å². The topological polar surface area (TPSA) is 112 Å². The number of aldehydes is 1. The lowest BCUT2D eigenvalue weighted by Crippen LogP contribution is -2.45. The monoisotopic (exact) mass is 580 g/mol. The second-order valence-electron chi connectivity index (χ2n) is 10.6. The molecule has 1 amide bonds. The van der Waals surface area contributed by atoms with Crippen LogP contribution in [0.5, 0.6) is 0 Å². The second kappa shape index (κ2) is 13.3. The Kier molecular flexibility index (Phi) is 10.1. The summed E-state index contributed by atoms with van der Waals surface area (Å²) < 4.78 is 30.8. The van der Waals surface area contributed by atoms with Crippen molar-refractivity contribution in [2.24, 2.45) is 5.41 Å². The maximum Gasteiger partial charge on any atom is 0.257 e. The number of carbonyl (C=O) groups excluding carboxylic acids is 2. The van der Waals surface area contributed by atoms with Crippen LogP contribution < -0.4 is 14.9 Å². The number of hydroxylamine groups is 1. The van der Waals surface area contributed by atoms with Crippen molar-refractivity contribution in [3.63, 3.8) is 0 Å². The van der Waals surface area contributed by atoms with Crippen LogP contribution in [0.25, 0.3) is 0 Å². The number of hydrogen-bond acceptors (Lipinski definition) is 10. The SMILES string of the molecule is CN(/C=C\C=C(/C=O)NC(=O)c1ccc(NSN(O)CCO)cc1N1CCC2(CC1)CC2)N1CCC(F)(F)CC1. The minimum atomic E-state index is -2.63. The van der Waals surface area contributed by atoms with Crippen molar-refractivity contribution in [1.82, 2.24) is 19.8 Å². The lowest BCUT2D eigenvalue weighted by molar-refractivity contribution is -0.105. The number of hydrazine groups is 1. The van der Waals surface area contributed by atoms with E-state index in [1.807, 2.05) is 6.07 Å². The normalized spacial score (nSPS) is 20.6. The highest BCUT2D eigenvalue weighted by atomic mass is 32.2. The van der Waals surface area contributed by atoms with E-state index in [2.05, 4.69) is 14.9 Å². The second-order valence-corrected chi connectivity index (χ2v) is 11.4. The lowest BCUT2D eigenvalue weighted by atomic mass is 9.93. The summed E-state index contributed by atoms with van der Waals surface area (Å²) in [5, 5.41) is 25.0. The third-order valence-electron chi connectivity index (χ3n) is 7.80. The fraction of sp³-hybridized carbons (Fsp3) is 0.556. The van der Waals surface area contributed by atoms with Gasteiger partial charge in [-0.15, -0.1) is 4.47 Å². The largest absolute Gasteiger partial charge is 0.395 e. The number of anilines is 2. The van der Waals surface area contributed by atoms with Gasteiger partial charge in [0, 0.05) is 58.0 Å². The third-order valence-corrected chi connectivity index (χ3v) is 8.52. The fourth-order valence-corrected chi connectivity index (χ4v) is 5.51. The van der Waals surface area contributed by atoms with E-state index in [1.165, 1.54) is 18.9 Å². The minimum absolute atomic E-state index is 0.0677. The van der Waals surface area contributed by atoms with Crippen LogP contribution in [0.3, 0.4) is 0 Å². The molecule has 2 heterocycles. The average Bonchev–Trinajstić information content (AvgIpc) is 3.70. The summed E-state index contributed by atoms with van der Waals surface area (Å²) in [4.78, 5) is 27.3. The van der Waals surface area contributed by atoms with Crippen molar-refractivity contribution in [3.8, 4) is 0 Å². The van der Waals surface area contributed by atoms with Gasteiger partial charge in [0.05, 0.1) is 42.2 Å². The van der Waals surface area contributed by atoms with E-state index >= 15 is 0 Å². The molecule has 10 nitrogen and oxygen atoms in total. The number of benzene rings is 1. The Morgan fingerprint density at radius 3 is 2.45 bits per heavy atom. The molecule has 1 aliphatic carbocycles. The Bertz CT molecular complexity index is 1100. The van der Waals surface area contributed by atoms with Crippen LogP contribution in [0.4, 0.5) is 20.2 Å². The van der Waals surface area contributed by atoms with Crippen LogP contribution in [0.15, 0.2) is 42.2 Å². The number of rotatable bonds is 12. The molecular weight excluding hydrogens is 542 g/mol. The lowest BCUT2D eigenvalue weighted by Gasteiger charge is -2.36. The van der Waals surface area contributed by atoms with E-state index in [0.29, 0.717) is 23.0 Å². The molecule has 1 aromatic rings. The molecule has 0 atom stereocenters. The first-order chi connectivity index (χ1) is 19.1. The van der Waals surface area contributed by atoms with Gasteiger partial charge in [-0.05, 0) is 61.4 Å². The molecule has 1 aromatic carbocycles. The predicted octanol–water partition coefficient (Wildman–Crippen LogP) is 3.63. The molecule has 0 radical (unpaired) electrons. The Morgan fingerprint density at radius 1 is 1.12 bits per heavy atom. The predicted molar refractivity (Wildman–Crippen MR) is 151 cm³/mol. The summed E-state index contributed by atoms with van der Waals surface area (Å²) in [6.07, 6.45) is 9.51. The summed E-state index contributed by atoms with van der Waals surface area (Å²) in [7, 11) is 1.75. The number of carbonyl (C=O) groups is 2. The van der Waals surface area contributed by atoms with Crippen LogP contribution in [0.1, 0.15) is 48.9 Å². The van der Waals surface area contributed by atoms with Gasteiger partial charge in [0.25, 0.3) is 11.8 Å². The van der Waals surface area contributed by atoms with Crippen molar-refractivity contribution in [2.45, 2.75) is 44.4 Å². The first-order valence-electron chi connectivity index (χ1n) is 13.5. The van der Waals surface area contributed by atoms with E-state index in [0.717, 1.165) is 48.2 Å². The van der Waals surface area contributed by atoms with Gasteiger partial charge in [0.1, 0.15) is 0 Å². The zero-order valence-corrected chi connectivity index (χ0v) is 23.5. The molecule has 2 saturated heterocycles. The number of nitrogens with one attached hydrogen (secondary N) is 2. The number of halogens is 2. The molecule has 0 bridgehead atoms. The number of alkyl halides is 2. The van der Waals surface area contributed by atoms with E-state index in [-0.39, 0.29) is 44.8 Å². The van der Waals surface area contributed by atoms with Crippen LogP contribution in [-0.2, 0) is 4.79 Å². The molecule has 13 heteroatoms. The zero-order chi connectivity index (χ0) is 28.8. The fourth-order valence-electron chi connectivity index (χ4n) is 5.00. The number of aliphatic hydroxyl groups excluding tert-OH is 1. The van der Waals surface area contributed by atoms with Crippen molar-refractivity contribution in [1.29, 1.82) is 0 Å². The van der Waals surface area contributed by atoms with Gasteiger partial charge in [-0.1, -0.05) is 0 Å². The molecular formula is C27H38F2N6O4S. The number of amides is 1. The van der Waals surface area contributed by atoms with E-state index in [4.69, 9.17) is 5.11 Å². The molecule has 220 valence electrons. The highest BCUT2D eigenvalue weighted by molar-refractivity contribution is 7.98. The third kappa shape index (κ3) is 8.16. The maximum atomic E-state index is 13.4. The molecule has 3 fully saturated rings. The van der Waals surface area contributed by atoms with Crippen molar-refractivity contribution >= 4 is 35.7 Å². The molecule has 0 unspecified atom stereocenters. The quantitative estimate of drug-likeness (QED) is 0.0962. The molecule has 4 N–H and O–H groups in total. The first-order valence-corrected chi connectivity index (χ1v) is 14.3. The molecule has 0 aromatic heterocycles. The van der Waals surface area contributed by atoms with Crippen LogP contribution in [0, 0.1) is 5.41 Å². The molecule has 3 aliphatic rings. The summed E-state index contributed by atoms with van der Waals surface area (Å²) >= 11 is 0.921. The Labute approximate surface area is 237 Å². The van der Waals surface area contributed by atoms with Gasteiger partial charge in [0.15, 0.2) is 6.29 Å². The van der Waals surface area contributed by atoms with Crippen molar-refractivity contribution in [2.75, 3.05) is 56.0 Å². The summed E-state index contributed by atoms with van der Waals surface area (Å²) in [5.74, 6) is -3.06. The van der Waals surface area contributed by atoms with Crippen molar-refractivity contribution < 1.29 is 28.7 Å². The van der Waals surface area contributed by atoms with Crippen LogP contribution in [-0.4, -0.2) is 89.3 Å².